The Bertz CT molecular complexity index is 1140. The first kappa shape index (κ1) is 23.6. The average molecular weight is 459 g/mol. The summed E-state index contributed by atoms with van der Waals surface area (Å²) in [4.78, 5) is 44.0. The highest BCUT2D eigenvalue weighted by molar-refractivity contribution is 6.24. The Morgan fingerprint density at radius 1 is 0.941 bits per heavy atom. The second-order valence-corrected chi connectivity index (χ2v) is 9.74. The van der Waals surface area contributed by atoms with E-state index in [1.807, 2.05) is 44.2 Å². The number of aliphatic imine (C=N–C) groups is 1. The Balaban J connectivity index is 1.45. The molecule has 4 rings (SSSR count). The topological polar surface area (TPSA) is 87.0 Å². The maximum atomic E-state index is 12.9. The molecule has 1 saturated carbocycles. The minimum absolute atomic E-state index is 0.00410. The first-order valence-electron chi connectivity index (χ1n) is 11.7. The van der Waals surface area contributed by atoms with Crippen LogP contribution in [0.5, 0.6) is 0 Å². The molecule has 0 unspecified atom stereocenters. The lowest BCUT2D eigenvalue weighted by atomic mass is 9.73. The normalized spacial score (nSPS) is 20.1. The molecule has 0 saturated heterocycles. The third-order valence-electron chi connectivity index (χ3n) is 6.36. The zero-order chi connectivity index (χ0) is 24.3. The minimum Gasteiger partial charge on any atom is -0.511 e. The molecule has 0 aromatic heterocycles. The number of aliphatic hydroxyl groups excluding tert-OH is 1. The largest absolute Gasteiger partial charge is 0.511 e. The molecule has 1 fully saturated rings. The smallest absolute Gasteiger partial charge is 0.261 e. The van der Waals surface area contributed by atoms with Gasteiger partial charge in [-0.15, -0.1) is 0 Å². The van der Waals surface area contributed by atoms with Crippen molar-refractivity contribution in [2.45, 2.75) is 46.0 Å². The van der Waals surface area contributed by atoms with Gasteiger partial charge in [0.25, 0.3) is 11.8 Å². The van der Waals surface area contributed by atoms with Crippen molar-refractivity contribution in [2.75, 3.05) is 13.1 Å². The molecule has 2 aliphatic rings. The average Bonchev–Trinajstić information content (AvgIpc) is 3.04. The maximum Gasteiger partial charge on any atom is 0.261 e. The van der Waals surface area contributed by atoms with Crippen molar-refractivity contribution >= 4 is 23.3 Å². The van der Waals surface area contributed by atoms with E-state index < -0.39 is 0 Å². The van der Waals surface area contributed by atoms with Gasteiger partial charge >= 0.3 is 0 Å². The molecule has 34 heavy (non-hydrogen) atoms. The molecule has 176 valence electrons. The van der Waals surface area contributed by atoms with Crippen LogP contribution in [0.2, 0.25) is 0 Å². The number of carbonyl (C=O) groups is 3. The van der Waals surface area contributed by atoms with Gasteiger partial charge in [-0.25, -0.2) is 0 Å². The van der Waals surface area contributed by atoms with Crippen molar-refractivity contribution in [3.05, 3.63) is 82.6 Å². The molecule has 1 heterocycles. The number of nitrogens with zero attached hydrogens (tertiary/aromatic N) is 2. The molecule has 6 heteroatoms. The number of Topliss-reactive ketones (excluding diaryl/α,β-unsaturated/α-hetero) is 1. The zero-order valence-electron chi connectivity index (χ0n) is 19.7. The molecule has 1 aliphatic heterocycles. The highest BCUT2D eigenvalue weighted by Gasteiger charge is 2.37. The van der Waals surface area contributed by atoms with Crippen molar-refractivity contribution in [2.24, 2.45) is 10.4 Å². The van der Waals surface area contributed by atoms with E-state index in [-0.39, 0.29) is 41.7 Å². The number of imide groups is 1. The second-order valence-electron chi connectivity index (χ2n) is 9.74. The number of benzene rings is 2. The van der Waals surface area contributed by atoms with Gasteiger partial charge in [0.15, 0.2) is 5.78 Å². The van der Waals surface area contributed by atoms with Gasteiger partial charge in [0.05, 0.1) is 16.7 Å². The molecule has 2 aromatic carbocycles. The number of fused-ring (bicyclic) bond motifs is 1. The molecular formula is C28H30N2O4. The zero-order valence-corrected chi connectivity index (χ0v) is 19.7. The summed E-state index contributed by atoms with van der Waals surface area (Å²) < 4.78 is 0. The number of hydrogen-bond acceptors (Lipinski definition) is 5. The third-order valence-corrected chi connectivity index (χ3v) is 6.36. The fourth-order valence-electron chi connectivity index (χ4n) is 4.69. The monoisotopic (exact) mass is 458 g/mol. The Morgan fingerprint density at radius 3 is 2.21 bits per heavy atom. The Morgan fingerprint density at radius 2 is 1.56 bits per heavy atom. The van der Waals surface area contributed by atoms with Crippen LogP contribution in [0.15, 0.2) is 70.9 Å². The van der Waals surface area contributed by atoms with Crippen LogP contribution in [0.1, 0.15) is 65.8 Å². The molecule has 1 N–H and O–H groups in total. The number of allylic oxidation sites excluding steroid dienone is 2. The van der Waals surface area contributed by atoms with E-state index in [0.29, 0.717) is 48.2 Å². The van der Waals surface area contributed by atoms with Crippen molar-refractivity contribution in [3.63, 3.8) is 0 Å². The number of carbonyl (C=O) groups excluding carboxylic acids is 3. The maximum absolute atomic E-state index is 12.9. The van der Waals surface area contributed by atoms with Gasteiger partial charge in [0.1, 0.15) is 5.76 Å². The number of hydrogen-bond donors (Lipinski definition) is 1. The van der Waals surface area contributed by atoms with Gasteiger partial charge in [-0.2, -0.15) is 0 Å². The van der Waals surface area contributed by atoms with Gasteiger partial charge in [0, 0.05) is 31.6 Å². The fraction of sp³-hybridized carbons (Fsp3) is 0.357. The van der Waals surface area contributed by atoms with Crippen molar-refractivity contribution in [1.29, 1.82) is 0 Å². The Labute approximate surface area is 200 Å². The van der Waals surface area contributed by atoms with E-state index >= 15 is 0 Å². The lowest BCUT2D eigenvalue weighted by Gasteiger charge is -2.31. The summed E-state index contributed by atoms with van der Waals surface area (Å²) >= 11 is 0. The Kier molecular flexibility index (Phi) is 6.77. The van der Waals surface area contributed by atoms with E-state index in [0.717, 1.165) is 6.42 Å². The molecule has 6 nitrogen and oxygen atoms in total. The van der Waals surface area contributed by atoms with E-state index in [2.05, 4.69) is 0 Å². The number of ketones is 1. The molecule has 0 bridgehead atoms. The molecule has 0 atom stereocenters. The van der Waals surface area contributed by atoms with Crippen molar-refractivity contribution in [3.8, 4) is 0 Å². The first-order valence-corrected chi connectivity index (χ1v) is 11.7. The molecule has 1 aliphatic carbocycles. The predicted molar refractivity (Wildman–Crippen MR) is 131 cm³/mol. The van der Waals surface area contributed by atoms with Crippen LogP contribution in [0.3, 0.4) is 0 Å². The number of rotatable bonds is 7. The predicted octanol–water partition coefficient (Wildman–Crippen LogP) is 4.95. The van der Waals surface area contributed by atoms with Gasteiger partial charge < -0.3 is 5.11 Å². The van der Waals surface area contributed by atoms with Crippen LogP contribution in [-0.2, 0) is 11.2 Å². The Hall–Kier alpha value is -3.54. The van der Waals surface area contributed by atoms with Crippen LogP contribution in [0.4, 0.5) is 0 Å². The van der Waals surface area contributed by atoms with E-state index in [1.54, 1.807) is 24.3 Å². The minimum atomic E-state index is -0.314. The summed E-state index contributed by atoms with van der Waals surface area (Å²) in [6, 6.07) is 16.8. The van der Waals surface area contributed by atoms with E-state index in [4.69, 9.17) is 4.99 Å². The summed E-state index contributed by atoms with van der Waals surface area (Å²) in [7, 11) is 0. The SMILES string of the molecule is CC1(C)CC(=O)C(=C(O)CCCN2C(=O)c3ccccc3C2=O)C(=NCCc2ccccc2)C1. The summed E-state index contributed by atoms with van der Waals surface area (Å²) in [5.41, 5.74) is 2.74. The van der Waals surface area contributed by atoms with Crippen LogP contribution < -0.4 is 0 Å². The second kappa shape index (κ2) is 9.75. The quantitative estimate of drug-likeness (QED) is 0.361. The summed E-state index contributed by atoms with van der Waals surface area (Å²) in [5.74, 6) is -0.735. The fourth-order valence-corrected chi connectivity index (χ4v) is 4.69. The van der Waals surface area contributed by atoms with E-state index in [9.17, 15) is 19.5 Å². The van der Waals surface area contributed by atoms with Crippen molar-refractivity contribution < 1.29 is 19.5 Å². The molecule has 0 spiro atoms. The van der Waals surface area contributed by atoms with Crippen LogP contribution in [-0.4, -0.2) is 46.4 Å². The van der Waals surface area contributed by atoms with Gasteiger partial charge in [-0.3, -0.25) is 24.3 Å². The molecular weight excluding hydrogens is 428 g/mol. The van der Waals surface area contributed by atoms with E-state index in [1.165, 1.54) is 10.5 Å². The molecule has 2 aromatic rings. The van der Waals surface area contributed by atoms with Crippen LogP contribution in [0.25, 0.3) is 0 Å². The highest BCUT2D eigenvalue weighted by Crippen LogP contribution is 2.36. The lowest BCUT2D eigenvalue weighted by molar-refractivity contribution is -0.117. The first-order chi connectivity index (χ1) is 16.3. The van der Waals surface area contributed by atoms with Gasteiger partial charge in [0.2, 0.25) is 0 Å². The summed E-state index contributed by atoms with van der Waals surface area (Å²) in [6.07, 6.45) is 2.29. The number of amides is 2. The summed E-state index contributed by atoms with van der Waals surface area (Å²) in [5, 5.41) is 10.9. The van der Waals surface area contributed by atoms with Gasteiger partial charge in [-0.05, 0) is 42.4 Å². The highest BCUT2D eigenvalue weighted by atomic mass is 16.3. The standard InChI is InChI=1S/C28H30N2O4/c1-28(2)17-22(29-15-14-19-9-4-3-5-10-19)25(24(32)18-28)23(31)13-8-16-30-26(33)20-11-6-7-12-21(20)27(30)34/h3-7,9-12,31H,8,13-18H2,1-2H3. The van der Waals surface area contributed by atoms with Gasteiger partial charge in [-0.1, -0.05) is 56.3 Å². The molecule has 0 radical (unpaired) electrons. The third kappa shape index (κ3) is 5.01. The number of aliphatic hydroxyl groups is 1. The van der Waals surface area contributed by atoms with Crippen LogP contribution in [0, 0.1) is 5.41 Å². The molecule has 2 amide bonds. The lowest BCUT2D eigenvalue weighted by Crippen LogP contribution is -2.33. The summed E-state index contributed by atoms with van der Waals surface area (Å²) in [6.45, 7) is 4.79. The van der Waals surface area contributed by atoms with Crippen molar-refractivity contribution in [1.82, 2.24) is 4.90 Å². The van der Waals surface area contributed by atoms with Crippen LogP contribution >= 0.6 is 0 Å².